The Hall–Kier alpha value is -3.79. The molecule has 0 bridgehead atoms. The van der Waals surface area contributed by atoms with Crippen LogP contribution in [0.4, 0.5) is 29.3 Å². The van der Waals surface area contributed by atoms with E-state index in [0.29, 0.717) is 17.2 Å². The van der Waals surface area contributed by atoms with Crippen molar-refractivity contribution in [1.29, 1.82) is 0 Å². The lowest BCUT2D eigenvalue weighted by molar-refractivity contribution is -0.137. The van der Waals surface area contributed by atoms with Crippen molar-refractivity contribution in [2.24, 2.45) is 0 Å². The van der Waals surface area contributed by atoms with Gasteiger partial charge < -0.3 is 20.7 Å². The molecule has 188 valence electrons. The van der Waals surface area contributed by atoms with Gasteiger partial charge in [-0.3, -0.25) is 9.78 Å². The molecule has 3 amide bonds. The first-order valence-corrected chi connectivity index (χ1v) is 11.5. The lowest BCUT2D eigenvalue weighted by Crippen LogP contribution is -2.33. The minimum Gasteiger partial charge on any atom is -0.457 e. The number of nitrogens with one attached hydrogen (secondary N) is 3. The molecule has 0 saturated heterocycles. The summed E-state index contributed by atoms with van der Waals surface area (Å²) >= 11 is 5.59. The number of ether oxygens (including phenoxy) is 1. The SMILES string of the molecule is O=C(Nc1ccc(Oc2ccnc(C(=O)NC3CCCC3)c2)cc1)Nc1ccc(Cl)c(C(F)(F)F)c1. The second kappa shape index (κ2) is 10.9. The van der Waals surface area contributed by atoms with Crippen LogP contribution < -0.4 is 20.7 Å². The number of rotatable bonds is 6. The van der Waals surface area contributed by atoms with Crippen molar-refractivity contribution in [3.05, 3.63) is 77.1 Å². The molecule has 3 aromatic rings. The molecule has 0 unspecified atom stereocenters. The number of pyridine rings is 1. The van der Waals surface area contributed by atoms with Gasteiger partial charge in [0.15, 0.2) is 0 Å². The Bertz CT molecular complexity index is 1250. The van der Waals surface area contributed by atoms with E-state index in [-0.39, 0.29) is 23.3 Å². The maximum absolute atomic E-state index is 13.0. The molecular formula is C25H22ClF3N4O3. The fourth-order valence-electron chi connectivity index (χ4n) is 3.78. The van der Waals surface area contributed by atoms with Gasteiger partial charge in [-0.15, -0.1) is 0 Å². The average Bonchev–Trinajstić information content (AvgIpc) is 3.34. The summed E-state index contributed by atoms with van der Waals surface area (Å²) in [5, 5.41) is 7.39. The predicted octanol–water partition coefficient (Wildman–Crippen LogP) is 6.86. The van der Waals surface area contributed by atoms with Crippen molar-refractivity contribution in [2.75, 3.05) is 10.6 Å². The van der Waals surface area contributed by atoms with E-state index in [1.807, 2.05) is 0 Å². The van der Waals surface area contributed by atoms with Crippen LogP contribution in [-0.2, 0) is 6.18 Å². The molecule has 11 heteroatoms. The van der Waals surface area contributed by atoms with E-state index in [9.17, 15) is 22.8 Å². The third-order valence-electron chi connectivity index (χ3n) is 5.53. The molecular weight excluding hydrogens is 497 g/mol. The number of carbonyl (C=O) groups is 2. The molecule has 1 aromatic heterocycles. The Labute approximate surface area is 210 Å². The van der Waals surface area contributed by atoms with E-state index in [1.165, 1.54) is 12.3 Å². The normalized spacial score (nSPS) is 13.8. The smallest absolute Gasteiger partial charge is 0.417 e. The second-order valence-corrected chi connectivity index (χ2v) is 8.64. The van der Waals surface area contributed by atoms with Crippen LogP contribution in [-0.4, -0.2) is 23.0 Å². The van der Waals surface area contributed by atoms with Crippen molar-refractivity contribution in [3.8, 4) is 11.5 Å². The Morgan fingerprint density at radius 1 is 0.917 bits per heavy atom. The Morgan fingerprint density at radius 3 is 2.28 bits per heavy atom. The van der Waals surface area contributed by atoms with Crippen molar-refractivity contribution < 1.29 is 27.5 Å². The van der Waals surface area contributed by atoms with E-state index in [2.05, 4.69) is 20.9 Å². The van der Waals surface area contributed by atoms with Crippen molar-refractivity contribution >= 4 is 34.9 Å². The van der Waals surface area contributed by atoms with E-state index in [0.717, 1.165) is 37.8 Å². The fourth-order valence-corrected chi connectivity index (χ4v) is 4.01. The quantitative estimate of drug-likeness (QED) is 0.332. The predicted molar refractivity (Wildman–Crippen MR) is 130 cm³/mol. The lowest BCUT2D eigenvalue weighted by Gasteiger charge is -2.13. The number of amides is 3. The zero-order chi connectivity index (χ0) is 25.7. The Kier molecular flexibility index (Phi) is 7.64. The molecule has 1 aliphatic rings. The molecule has 1 heterocycles. The van der Waals surface area contributed by atoms with Crippen LogP contribution in [0.2, 0.25) is 5.02 Å². The first-order chi connectivity index (χ1) is 17.2. The third kappa shape index (κ3) is 6.66. The molecule has 7 nitrogen and oxygen atoms in total. The van der Waals surface area contributed by atoms with Gasteiger partial charge >= 0.3 is 12.2 Å². The summed E-state index contributed by atoms with van der Waals surface area (Å²) in [5.74, 6) is 0.617. The molecule has 0 atom stereocenters. The van der Waals surface area contributed by atoms with Gasteiger partial charge in [0.05, 0.1) is 10.6 Å². The van der Waals surface area contributed by atoms with Gasteiger partial charge in [0, 0.05) is 29.7 Å². The number of hydrogen-bond acceptors (Lipinski definition) is 4. The summed E-state index contributed by atoms with van der Waals surface area (Å²) in [6.07, 6.45) is 0.988. The number of carbonyl (C=O) groups excluding carboxylic acids is 2. The van der Waals surface area contributed by atoms with Crippen LogP contribution in [0.1, 0.15) is 41.7 Å². The zero-order valence-corrected chi connectivity index (χ0v) is 19.6. The topological polar surface area (TPSA) is 92.3 Å². The number of halogens is 4. The monoisotopic (exact) mass is 518 g/mol. The molecule has 1 aliphatic carbocycles. The van der Waals surface area contributed by atoms with E-state index in [4.69, 9.17) is 16.3 Å². The number of alkyl halides is 3. The summed E-state index contributed by atoms with van der Waals surface area (Å²) in [7, 11) is 0. The highest BCUT2D eigenvalue weighted by Gasteiger charge is 2.33. The van der Waals surface area contributed by atoms with Gasteiger partial charge in [0.25, 0.3) is 5.91 Å². The first kappa shape index (κ1) is 25.3. The molecule has 1 fully saturated rings. The van der Waals surface area contributed by atoms with Crippen LogP contribution in [0, 0.1) is 0 Å². The Morgan fingerprint density at radius 2 is 1.58 bits per heavy atom. The van der Waals surface area contributed by atoms with E-state index >= 15 is 0 Å². The summed E-state index contributed by atoms with van der Waals surface area (Å²) in [6, 6.07) is 12.0. The van der Waals surface area contributed by atoms with Crippen molar-refractivity contribution in [3.63, 3.8) is 0 Å². The maximum Gasteiger partial charge on any atom is 0.417 e. The first-order valence-electron chi connectivity index (χ1n) is 11.2. The standard InChI is InChI=1S/C25H22ClF3N4O3/c26-21-10-7-17(13-20(21)25(27,28)29)33-24(35)32-16-5-8-18(9-6-16)36-19-11-12-30-22(14-19)23(34)31-15-3-1-2-4-15/h5-15H,1-4H2,(H,31,34)(H2,32,33,35). The van der Waals surface area contributed by atoms with Gasteiger partial charge in [-0.05, 0) is 61.4 Å². The lowest BCUT2D eigenvalue weighted by atomic mass is 10.2. The van der Waals surface area contributed by atoms with Crippen LogP contribution in [0.25, 0.3) is 0 Å². The molecule has 1 saturated carbocycles. The third-order valence-corrected chi connectivity index (χ3v) is 5.86. The molecule has 36 heavy (non-hydrogen) atoms. The van der Waals surface area contributed by atoms with Crippen LogP contribution in [0.15, 0.2) is 60.8 Å². The van der Waals surface area contributed by atoms with Gasteiger partial charge in [-0.2, -0.15) is 13.2 Å². The number of urea groups is 1. The molecule has 0 aliphatic heterocycles. The summed E-state index contributed by atoms with van der Waals surface area (Å²) < 4.78 is 44.8. The molecule has 0 spiro atoms. The maximum atomic E-state index is 13.0. The van der Waals surface area contributed by atoms with Gasteiger partial charge in [-0.1, -0.05) is 24.4 Å². The fraction of sp³-hybridized carbons (Fsp3) is 0.240. The summed E-state index contributed by atoms with van der Waals surface area (Å²) in [6.45, 7) is 0. The Balaban J connectivity index is 1.34. The van der Waals surface area contributed by atoms with E-state index in [1.54, 1.807) is 36.4 Å². The highest BCUT2D eigenvalue weighted by molar-refractivity contribution is 6.31. The number of nitrogens with zero attached hydrogens (tertiary/aromatic N) is 1. The van der Waals surface area contributed by atoms with E-state index < -0.39 is 22.8 Å². The van der Waals surface area contributed by atoms with Crippen LogP contribution >= 0.6 is 11.6 Å². The summed E-state index contributed by atoms with van der Waals surface area (Å²) in [5.41, 5.74) is -0.463. The van der Waals surface area contributed by atoms with Gasteiger partial charge in [0.2, 0.25) is 0 Å². The van der Waals surface area contributed by atoms with Crippen molar-refractivity contribution in [2.45, 2.75) is 37.9 Å². The highest BCUT2D eigenvalue weighted by atomic mass is 35.5. The molecule has 4 rings (SSSR count). The number of anilines is 2. The molecule has 2 aromatic carbocycles. The summed E-state index contributed by atoms with van der Waals surface area (Å²) in [4.78, 5) is 28.8. The van der Waals surface area contributed by atoms with Crippen LogP contribution in [0.5, 0.6) is 11.5 Å². The number of hydrogen-bond donors (Lipinski definition) is 3. The number of benzene rings is 2. The largest absolute Gasteiger partial charge is 0.457 e. The highest BCUT2D eigenvalue weighted by Crippen LogP contribution is 2.36. The minimum absolute atomic E-state index is 0.0605. The zero-order valence-electron chi connectivity index (χ0n) is 18.9. The second-order valence-electron chi connectivity index (χ2n) is 8.23. The van der Waals surface area contributed by atoms with Gasteiger partial charge in [-0.25, -0.2) is 4.79 Å². The molecule has 3 N–H and O–H groups in total. The minimum atomic E-state index is -4.64. The van der Waals surface area contributed by atoms with Crippen molar-refractivity contribution in [1.82, 2.24) is 10.3 Å². The van der Waals surface area contributed by atoms with Gasteiger partial charge in [0.1, 0.15) is 17.2 Å². The average molecular weight is 519 g/mol. The van der Waals surface area contributed by atoms with Crippen LogP contribution in [0.3, 0.4) is 0 Å². The number of aromatic nitrogens is 1. The molecule has 0 radical (unpaired) electrons.